The van der Waals surface area contributed by atoms with Crippen molar-refractivity contribution in [1.82, 2.24) is 0 Å². The molecule has 1 unspecified atom stereocenters. The van der Waals surface area contributed by atoms with Crippen LogP contribution in [0.2, 0.25) is 0 Å². The highest BCUT2D eigenvalue weighted by atomic mass is 32.2. The van der Waals surface area contributed by atoms with E-state index in [2.05, 4.69) is 19.2 Å². The van der Waals surface area contributed by atoms with Crippen LogP contribution in [0.25, 0.3) is 0 Å². The molecule has 0 fully saturated rings. The van der Waals surface area contributed by atoms with Gasteiger partial charge in [0.15, 0.2) is 0 Å². The van der Waals surface area contributed by atoms with Crippen molar-refractivity contribution < 1.29 is 4.74 Å². The summed E-state index contributed by atoms with van der Waals surface area (Å²) in [6.45, 7) is 6.92. The predicted octanol–water partition coefficient (Wildman–Crippen LogP) is 3.22. The Morgan fingerprint density at radius 3 is 2.82 bits per heavy atom. The second kappa shape index (κ2) is 7.33. The van der Waals surface area contributed by atoms with Gasteiger partial charge in [0, 0.05) is 11.8 Å². The first-order chi connectivity index (χ1) is 8.19. The lowest BCUT2D eigenvalue weighted by molar-refractivity contribution is 0.342. The molecule has 3 nitrogen and oxygen atoms in total. The first kappa shape index (κ1) is 14.0. The summed E-state index contributed by atoms with van der Waals surface area (Å²) in [7, 11) is 0. The number of hydrogen-bond acceptors (Lipinski definition) is 4. The van der Waals surface area contributed by atoms with Gasteiger partial charge in [-0.2, -0.15) is 11.8 Å². The second-order valence-corrected chi connectivity index (χ2v) is 5.17. The molecule has 0 aromatic heterocycles. The SMILES string of the molecule is CCOc1cccc(NC(C)CSCC)c1N. The number of nitrogens with two attached hydrogens (primary N) is 1. The lowest BCUT2D eigenvalue weighted by atomic mass is 10.2. The molecule has 0 aliphatic rings. The van der Waals surface area contributed by atoms with Crippen LogP contribution in [-0.2, 0) is 0 Å². The summed E-state index contributed by atoms with van der Waals surface area (Å²) < 4.78 is 5.47. The number of hydrogen-bond donors (Lipinski definition) is 2. The fourth-order valence-corrected chi connectivity index (χ4v) is 2.23. The predicted molar refractivity (Wildman–Crippen MR) is 78.1 cm³/mol. The summed E-state index contributed by atoms with van der Waals surface area (Å²) in [5.41, 5.74) is 7.71. The van der Waals surface area contributed by atoms with Gasteiger partial charge in [-0.1, -0.05) is 13.0 Å². The summed E-state index contributed by atoms with van der Waals surface area (Å²) in [6, 6.07) is 6.25. The normalized spacial score (nSPS) is 12.2. The van der Waals surface area contributed by atoms with E-state index in [1.807, 2.05) is 36.9 Å². The fourth-order valence-electron chi connectivity index (χ4n) is 1.55. The summed E-state index contributed by atoms with van der Waals surface area (Å²) in [5, 5.41) is 3.42. The summed E-state index contributed by atoms with van der Waals surface area (Å²) in [5.74, 6) is 2.97. The maximum atomic E-state index is 6.05. The molecule has 0 amide bonds. The minimum Gasteiger partial charge on any atom is -0.492 e. The lowest BCUT2D eigenvalue weighted by Crippen LogP contribution is -2.19. The van der Waals surface area contributed by atoms with Crippen molar-refractivity contribution >= 4 is 23.1 Å². The Labute approximate surface area is 108 Å². The van der Waals surface area contributed by atoms with Crippen LogP contribution in [-0.4, -0.2) is 24.2 Å². The standard InChI is InChI=1S/C13H22N2OS/c1-4-16-12-8-6-7-11(13(12)14)15-10(3)9-17-5-2/h6-8,10,15H,4-5,9,14H2,1-3H3. The Morgan fingerprint density at radius 2 is 2.18 bits per heavy atom. The number of rotatable bonds is 7. The molecule has 3 N–H and O–H groups in total. The summed E-state index contributed by atoms with van der Waals surface area (Å²) in [4.78, 5) is 0. The molecule has 0 spiro atoms. The average Bonchev–Trinajstić information content (AvgIpc) is 2.32. The molecule has 1 aromatic carbocycles. The Hall–Kier alpha value is -1.03. The molecule has 96 valence electrons. The molecule has 0 radical (unpaired) electrons. The topological polar surface area (TPSA) is 47.3 Å². The first-order valence-corrected chi connectivity index (χ1v) is 7.20. The fraction of sp³-hybridized carbons (Fsp3) is 0.538. The highest BCUT2D eigenvalue weighted by Gasteiger charge is 2.08. The molecule has 0 bridgehead atoms. The molecule has 0 aliphatic heterocycles. The third kappa shape index (κ3) is 4.38. The molecular weight excluding hydrogens is 232 g/mol. The van der Waals surface area contributed by atoms with Gasteiger partial charge >= 0.3 is 0 Å². The number of thioether (sulfide) groups is 1. The highest BCUT2D eigenvalue weighted by molar-refractivity contribution is 7.99. The van der Waals surface area contributed by atoms with Crippen LogP contribution in [0.5, 0.6) is 5.75 Å². The van der Waals surface area contributed by atoms with Crippen LogP contribution in [0, 0.1) is 0 Å². The van der Waals surface area contributed by atoms with E-state index < -0.39 is 0 Å². The van der Waals surface area contributed by atoms with Crippen LogP contribution in [0.4, 0.5) is 11.4 Å². The molecule has 0 saturated carbocycles. The van der Waals surface area contributed by atoms with E-state index in [0.717, 1.165) is 22.9 Å². The Bertz CT molecular complexity index is 344. The van der Waals surface area contributed by atoms with Gasteiger partial charge < -0.3 is 15.8 Å². The molecule has 4 heteroatoms. The molecule has 1 rings (SSSR count). The van der Waals surface area contributed by atoms with E-state index in [1.54, 1.807) is 0 Å². The van der Waals surface area contributed by atoms with Crippen LogP contribution >= 0.6 is 11.8 Å². The van der Waals surface area contributed by atoms with Gasteiger partial charge in [-0.15, -0.1) is 0 Å². The average molecular weight is 254 g/mol. The van der Waals surface area contributed by atoms with Crippen molar-refractivity contribution in [2.75, 3.05) is 29.2 Å². The Balaban J connectivity index is 2.67. The third-order valence-corrected chi connectivity index (χ3v) is 3.48. The van der Waals surface area contributed by atoms with Crippen molar-refractivity contribution in [2.45, 2.75) is 26.8 Å². The van der Waals surface area contributed by atoms with E-state index in [0.29, 0.717) is 18.3 Å². The van der Waals surface area contributed by atoms with Gasteiger partial charge in [-0.05, 0) is 31.7 Å². The molecule has 0 heterocycles. The maximum absolute atomic E-state index is 6.05. The van der Waals surface area contributed by atoms with Crippen molar-refractivity contribution in [3.63, 3.8) is 0 Å². The van der Waals surface area contributed by atoms with Crippen LogP contribution in [0.1, 0.15) is 20.8 Å². The monoisotopic (exact) mass is 254 g/mol. The van der Waals surface area contributed by atoms with Gasteiger partial charge in [0.25, 0.3) is 0 Å². The van der Waals surface area contributed by atoms with Gasteiger partial charge in [-0.25, -0.2) is 0 Å². The first-order valence-electron chi connectivity index (χ1n) is 6.04. The van der Waals surface area contributed by atoms with Gasteiger partial charge in [-0.3, -0.25) is 0 Å². The number of nitrogens with one attached hydrogen (secondary N) is 1. The van der Waals surface area contributed by atoms with E-state index in [9.17, 15) is 0 Å². The van der Waals surface area contributed by atoms with E-state index in [4.69, 9.17) is 10.5 Å². The van der Waals surface area contributed by atoms with Gasteiger partial charge in [0.1, 0.15) is 5.75 Å². The minimum atomic E-state index is 0.402. The van der Waals surface area contributed by atoms with Crippen molar-refractivity contribution in [1.29, 1.82) is 0 Å². The zero-order valence-electron chi connectivity index (χ0n) is 10.8. The zero-order valence-corrected chi connectivity index (χ0v) is 11.6. The summed E-state index contributed by atoms with van der Waals surface area (Å²) >= 11 is 1.92. The smallest absolute Gasteiger partial charge is 0.144 e. The lowest BCUT2D eigenvalue weighted by Gasteiger charge is -2.17. The number of nitrogen functional groups attached to an aromatic ring is 1. The largest absolute Gasteiger partial charge is 0.492 e. The quantitative estimate of drug-likeness (QED) is 0.733. The highest BCUT2D eigenvalue weighted by Crippen LogP contribution is 2.29. The molecule has 0 aliphatic carbocycles. The van der Waals surface area contributed by atoms with E-state index >= 15 is 0 Å². The Morgan fingerprint density at radius 1 is 1.41 bits per heavy atom. The van der Waals surface area contributed by atoms with Gasteiger partial charge in [0.05, 0.1) is 18.0 Å². The Kier molecular flexibility index (Phi) is 6.05. The number of para-hydroxylation sites is 1. The number of anilines is 2. The minimum absolute atomic E-state index is 0.402. The molecule has 1 aromatic rings. The second-order valence-electron chi connectivity index (χ2n) is 3.86. The van der Waals surface area contributed by atoms with E-state index in [-0.39, 0.29) is 0 Å². The van der Waals surface area contributed by atoms with Crippen LogP contribution in [0.15, 0.2) is 18.2 Å². The van der Waals surface area contributed by atoms with Gasteiger partial charge in [0.2, 0.25) is 0 Å². The maximum Gasteiger partial charge on any atom is 0.144 e. The molecule has 17 heavy (non-hydrogen) atoms. The van der Waals surface area contributed by atoms with Crippen LogP contribution < -0.4 is 15.8 Å². The molecule has 0 saturated heterocycles. The number of benzene rings is 1. The molecular formula is C13H22N2OS. The zero-order chi connectivity index (χ0) is 12.7. The number of ether oxygens (including phenoxy) is 1. The van der Waals surface area contributed by atoms with Crippen molar-refractivity contribution in [2.24, 2.45) is 0 Å². The van der Waals surface area contributed by atoms with E-state index in [1.165, 1.54) is 0 Å². The summed E-state index contributed by atoms with van der Waals surface area (Å²) in [6.07, 6.45) is 0. The van der Waals surface area contributed by atoms with Crippen LogP contribution in [0.3, 0.4) is 0 Å². The molecule has 1 atom stereocenters. The van der Waals surface area contributed by atoms with Crippen molar-refractivity contribution in [3.8, 4) is 5.75 Å². The van der Waals surface area contributed by atoms with Crippen molar-refractivity contribution in [3.05, 3.63) is 18.2 Å². The third-order valence-electron chi connectivity index (χ3n) is 2.34.